The molecule has 4 heteroatoms. The van der Waals surface area contributed by atoms with Gasteiger partial charge in [0.05, 0.1) is 5.52 Å². The van der Waals surface area contributed by atoms with Crippen molar-refractivity contribution in [2.45, 2.75) is 16.8 Å². The van der Waals surface area contributed by atoms with Crippen LogP contribution >= 0.6 is 11.8 Å². The number of fused-ring (bicyclic) bond motifs is 1. The first-order chi connectivity index (χ1) is 10.1. The predicted octanol–water partition coefficient (Wildman–Crippen LogP) is 3.98. The molecule has 3 nitrogen and oxygen atoms in total. The van der Waals surface area contributed by atoms with Crippen molar-refractivity contribution in [2.75, 3.05) is 0 Å². The number of benzene rings is 2. The van der Waals surface area contributed by atoms with Gasteiger partial charge in [-0.05, 0) is 30.7 Å². The van der Waals surface area contributed by atoms with Crippen molar-refractivity contribution >= 4 is 28.5 Å². The predicted molar refractivity (Wildman–Crippen MR) is 88.1 cm³/mol. The first-order valence-electron chi connectivity index (χ1n) is 6.63. The van der Waals surface area contributed by atoms with Crippen LogP contribution in [0.3, 0.4) is 0 Å². The molecule has 1 heterocycles. The summed E-state index contributed by atoms with van der Waals surface area (Å²) in [5.74, 6) is 0.0697. The van der Waals surface area contributed by atoms with Crippen molar-refractivity contribution in [2.24, 2.45) is 5.73 Å². The van der Waals surface area contributed by atoms with E-state index in [-0.39, 0.29) is 5.84 Å². The highest BCUT2D eigenvalue weighted by Gasteiger charge is 2.09. The summed E-state index contributed by atoms with van der Waals surface area (Å²) >= 11 is 1.60. The molecular weight excluding hydrogens is 278 g/mol. The molecule has 0 aliphatic carbocycles. The summed E-state index contributed by atoms with van der Waals surface area (Å²) in [5.41, 5.74) is 8.52. The average Bonchev–Trinajstić information content (AvgIpc) is 2.48. The van der Waals surface area contributed by atoms with Gasteiger partial charge in [0.25, 0.3) is 0 Å². The summed E-state index contributed by atoms with van der Waals surface area (Å²) in [5, 5.41) is 9.55. The molecule has 3 rings (SSSR count). The molecule has 3 N–H and O–H groups in total. The molecular formula is C17H15N3S. The standard InChI is InChI=1S/C17H15N3S/c1-11-6-2-5-9-15(11)21-16-10-13(17(18)19)12-7-3-4-8-14(12)20-16/h2-10H,1H3,(H3,18,19). The molecule has 0 spiro atoms. The number of hydrogen-bond acceptors (Lipinski definition) is 3. The number of nitrogens with two attached hydrogens (primary N) is 1. The highest BCUT2D eigenvalue weighted by Crippen LogP contribution is 2.31. The first kappa shape index (κ1) is 13.6. The number of amidine groups is 1. The van der Waals surface area contributed by atoms with E-state index in [4.69, 9.17) is 11.1 Å². The highest BCUT2D eigenvalue weighted by atomic mass is 32.2. The van der Waals surface area contributed by atoms with Crippen LogP contribution in [0.2, 0.25) is 0 Å². The summed E-state index contributed by atoms with van der Waals surface area (Å²) in [4.78, 5) is 5.83. The van der Waals surface area contributed by atoms with Crippen molar-refractivity contribution in [3.63, 3.8) is 0 Å². The summed E-state index contributed by atoms with van der Waals surface area (Å²) in [7, 11) is 0. The fraction of sp³-hybridized carbons (Fsp3) is 0.0588. The lowest BCUT2D eigenvalue weighted by atomic mass is 10.1. The van der Waals surface area contributed by atoms with E-state index in [1.807, 2.05) is 42.5 Å². The number of rotatable bonds is 3. The van der Waals surface area contributed by atoms with Gasteiger partial charge in [-0.15, -0.1) is 0 Å². The van der Waals surface area contributed by atoms with Crippen molar-refractivity contribution < 1.29 is 0 Å². The van der Waals surface area contributed by atoms with Gasteiger partial charge in [0.2, 0.25) is 0 Å². The van der Waals surface area contributed by atoms with Crippen LogP contribution in [0.4, 0.5) is 0 Å². The van der Waals surface area contributed by atoms with E-state index in [0.717, 1.165) is 26.4 Å². The maximum absolute atomic E-state index is 7.78. The Bertz CT molecular complexity index is 827. The van der Waals surface area contributed by atoms with Crippen molar-refractivity contribution in [3.8, 4) is 0 Å². The second-order valence-electron chi connectivity index (χ2n) is 4.81. The van der Waals surface area contributed by atoms with Crippen LogP contribution < -0.4 is 5.73 Å². The molecule has 0 bridgehead atoms. The summed E-state index contributed by atoms with van der Waals surface area (Å²) in [6, 6.07) is 17.9. The fourth-order valence-corrected chi connectivity index (χ4v) is 3.13. The second-order valence-corrected chi connectivity index (χ2v) is 5.87. The van der Waals surface area contributed by atoms with E-state index >= 15 is 0 Å². The summed E-state index contributed by atoms with van der Waals surface area (Å²) < 4.78 is 0. The lowest BCUT2D eigenvalue weighted by molar-refractivity contribution is 1.17. The third-order valence-electron chi connectivity index (χ3n) is 3.29. The Kier molecular flexibility index (Phi) is 3.62. The van der Waals surface area contributed by atoms with Crippen LogP contribution in [-0.2, 0) is 0 Å². The number of aromatic nitrogens is 1. The molecule has 0 saturated heterocycles. The average molecular weight is 293 g/mol. The van der Waals surface area contributed by atoms with E-state index in [1.165, 1.54) is 5.56 Å². The van der Waals surface area contributed by atoms with E-state index < -0.39 is 0 Å². The minimum absolute atomic E-state index is 0.0697. The lowest BCUT2D eigenvalue weighted by Crippen LogP contribution is -2.12. The van der Waals surface area contributed by atoms with Crippen LogP contribution in [0, 0.1) is 12.3 Å². The third-order valence-corrected chi connectivity index (χ3v) is 4.39. The fourth-order valence-electron chi connectivity index (χ4n) is 2.21. The Balaban J connectivity index is 2.11. The molecule has 2 aromatic carbocycles. The van der Waals surface area contributed by atoms with Gasteiger partial charge in [-0.3, -0.25) is 5.41 Å². The normalized spacial score (nSPS) is 10.7. The van der Waals surface area contributed by atoms with E-state index in [0.29, 0.717) is 0 Å². The van der Waals surface area contributed by atoms with Gasteiger partial charge in [0.15, 0.2) is 0 Å². The number of aryl methyl sites for hydroxylation is 1. The Labute approximate surface area is 127 Å². The van der Waals surface area contributed by atoms with Gasteiger partial charge in [0, 0.05) is 15.8 Å². The summed E-state index contributed by atoms with van der Waals surface area (Å²) in [6.07, 6.45) is 0. The molecule has 21 heavy (non-hydrogen) atoms. The highest BCUT2D eigenvalue weighted by molar-refractivity contribution is 7.99. The van der Waals surface area contributed by atoms with Gasteiger partial charge in [-0.1, -0.05) is 48.2 Å². The van der Waals surface area contributed by atoms with Crippen molar-refractivity contribution in [1.29, 1.82) is 5.41 Å². The molecule has 3 aromatic rings. The second kappa shape index (κ2) is 5.58. The zero-order chi connectivity index (χ0) is 14.8. The minimum Gasteiger partial charge on any atom is -0.384 e. The molecule has 0 amide bonds. The third kappa shape index (κ3) is 2.76. The SMILES string of the molecule is Cc1ccccc1Sc1cc(C(=N)N)c2ccccc2n1. The number of nitrogens with one attached hydrogen (secondary N) is 1. The van der Waals surface area contributed by atoms with Gasteiger partial charge < -0.3 is 5.73 Å². The van der Waals surface area contributed by atoms with Crippen LogP contribution in [-0.4, -0.2) is 10.8 Å². The Morgan fingerprint density at radius 1 is 1.10 bits per heavy atom. The summed E-state index contributed by atoms with van der Waals surface area (Å²) in [6.45, 7) is 2.08. The Morgan fingerprint density at radius 2 is 1.81 bits per heavy atom. The molecule has 0 radical (unpaired) electrons. The van der Waals surface area contributed by atoms with Crippen molar-refractivity contribution in [3.05, 3.63) is 65.7 Å². The van der Waals surface area contributed by atoms with E-state index in [2.05, 4.69) is 24.0 Å². The lowest BCUT2D eigenvalue weighted by Gasteiger charge is -2.09. The number of nitrogens with zero attached hydrogens (tertiary/aromatic N) is 1. The van der Waals surface area contributed by atoms with E-state index in [1.54, 1.807) is 11.8 Å². The largest absolute Gasteiger partial charge is 0.384 e. The van der Waals surface area contributed by atoms with Crippen LogP contribution in [0.15, 0.2) is 64.5 Å². The molecule has 0 aliphatic heterocycles. The monoisotopic (exact) mass is 293 g/mol. The van der Waals surface area contributed by atoms with Gasteiger partial charge in [-0.25, -0.2) is 4.98 Å². The number of hydrogen-bond donors (Lipinski definition) is 2. The number of pyridine rings is 1. The smallest absolute Gasteiger partial charge is 0.123 e. The van der Waals surface area contributed by atoms with Crippen LogP contribution in [0.25, 0.3) is 10.9 Å². The molecule has 104 valence electrons. The van der Waals surface area contributed by atoms with Crippen molar-refractivity contribution in [1.82, 2.24) is 4.98 Å². The molecule has 1 aromatic heterocycles. The van der Waals surface area contributed by atoms with Gasteiger partial charge in [0.1, 0.15) is 10.9 Å². The number of nitrogen functional groups attached to an aromatic ring is 1. The maximum atomic E-state index is 7.78. The van der Waals surface area contributed by atoms with Gasteiger partial charge >= 0.3 is 0 Å². The Morgan fingerprint density at radius 3 is 2.57 bits per heavy atom. The van der Waals surface area contributed by atoms with Crippen LogP contribution in [0.1, 0.15) is 11.1 Å². The molecule has 0 atom stereocenters. The topological polar surface area (TPSA) is 62.8 Å². The van der Waals surface area contributed by atoms with Crippen LogP contribution in [0.5, 0.6) is 0 Å². The first-order valence-corrected chi connectivity index (χ1v) is 7.44. The zero-order valence-electron chi connectivity index (χ0n) is 11.6. The zero-order valence-corrected chi connectivity index (χ0v) is 12.4. The molecule has 0 saturated carbocycles. The molecule has 0 aliphatic rings. The van der Waals surface area contributed by atoms with E-state index in [9.17, 15) is 0 Å². The van der Waals surface area contributed by atoms with Gasteiger partial charge in [-0.2, -0.15) is 0 Å². The maximum Gasteiger partial charge on any atom is 0.123 e. The number of para-hydroxylation sites is 1. The minimum atomic E-state index is 0.0697. The molecule has 0 fully saturated rings. The quantitative estimate of drug-likeness (QED) is 0.567. The Hall–Kier alpha value is -2.33. The molecule has 0 unspecified atom stereocenters.